The minimum absolute atomic E-state index is 0.312. The summed E-state index contributed by atoms with van der Waals surface area (Å²) in [6.07, 6.45) is 5.44. The van der Waals surface area contributed by atoms with Crippen LogP contribution in [0, 0.1) is 0 Å². The van der Waals surface area contributed by atoms with Gasteiger partial charge in [0.15, 0.2) is 0 Å². The van der Waals surface area contributed by atoms with Crippen LogP contribution in [0.1, 0.15) is 20.8 Å². The molecule has 0 aromatic heterocycles. The molecule has 0 aliphatic carbocycles. The Bertz CT molecular complexity index is 218. The van der Waals surface area contributed by atoms with E-state index in [9.17, 15) is 0 Å². The van der Waals surface area contributed by atoms with Crippen LogP contribution in [-0.2, 0) is 4.74 Å². The molecule has 0 fully saturated rings. The topological polar surface area (TPSA) is 29.5 Å². The van der Waals surface area contributed by atoms with Gasteiger partial charge in [-0.25, -0.2) is 0 Å². The summed E-state index contributed by atoms with van der Waals surface area (Å²) in [5.74, 6) is 1.16. The Morgan fingerprint density at radius 3 is 2.17 bits per heavy atom. The van der Waals surface area contributed by atoms with E-state index in [0.29, 0.717) is 5.76 Å². The van der Waals surface area contributed by atoms with E-state index in [1.54, 1.807) is 20.1 Å². The first-order valence-electron chi connectivity index (χ1n) is 3.82. The molecule has 0 aliphatic rings. The largest absolute Gasteiger partial charge is 0.513 e. The van der Waals surface area contributed by atoms with Gasteiger partial charge in [0.25, 0.3) is 0 Å². The SMILES string of the molecule is CO/C(C)=C/C=C(C)\C=C(/C)O. The minimum Gasteiger partial charge on any atom is -0.513 e. The highest BCUT2D eigenvalue weighted by Crippen LogP contribution is 2.01. The first kappa shape index (κ1) is 10.8. The third-order valence-corrected chi connectivity index (χ3v) is 1.34. The molecule has 0 unspecified atom stereocenters. The molecule has 0 bridgehead atoms. The molecule has 0 spiro atoms. The van der Waals surface area contributed by atoms with E-state index < -0.39 is 0 Å². The van der Waals surface area contributed by atoms with Crippen molar-refractivity contribution in [2.45, 2.75) is 20.8 Å². The van der Waals surface area contributed by atoms with E-state index in [4.69, 9.17) is 9.84 Å². The molecule has 68 valence electrons. The molecular formula is C10H16O2. The molecule has 0 radical (unpaired) electrons. The van der Waals surface area contributed by atoms with Gasteiger partial charge in [0.1, 0.15) is 0 Å². The summed E-state index contributed by atoms with van der Waals surface area (Å²) < 4.78 is 4.94. The summed E-state index contributed by atoms with van der Waals surface area (Å²) in [6.45, 7) is 5.43. The molecular weight excluding hydrogens is 152 g/mol. The zero-order valence-electron chi connectivity index (χ0n) is 8.09. The van der Waals surface area contributed by atoms with Crippen LogP contribution in [0.4, 0.5) is 0 Å². The molecule has 0 aliphatic heterocycles. The van der Waals surface area contributed by atoms with E-state index in [2.05, 4.69) is 0 Å². The van der Waals surface area contributed by atoms with E-state index in [1.165, 1.54) is 0 Å². The highest BCUT2D eigenvalue weighted by atomic mass is 16.5. The van der Waals surface area contributed by atoms with Crippen molar-refractivity contribution in [2.24, 2.45) is 0 Å². The minimum atomic E-state index is 0.312. The van der Waals surface area contributed by atoms with Crippen LogP contribution in [0.3, 0.4) is 0 Å². The smallest absolute Gasteiger partial charge is 0.0924 e. The van der Waals surface area contributed by atoms with Crippen LogP contribution in [0.2, 0.25) is 0 Å². The predicted octanol–water partition coefficient (Wildman–Crippen LogP) is 2.94. The Morgan fingerprint density at radius 2 is 1.75 bits per heavy atom. The molecule has 0 heterocycles. The van der Waals surface area contributed by atoms with E-state index in [1.807, 2.05) is 26.0 Å². The standard InChI is InChI=1S/C10H16O2/c1-8(7-9(2)11)5-6-10(3)12-4/h5-7,11H,1-4H3/b8-5-,9-7+,10-6+. The highest BCUT2D eigenvalue weighted by Gasteiger charge is 1.84. The fourth-order valence-electron chi connectivity index (χ4n) is 0.694. The van der Waals surface area contributed by atoms with Gasteiger partial charge in [-0.3, -0.25) is 0 Å². The second-order valence-electron chi connectivity index (χ2n) is 2.68. The van der Waals surface area contributed by atoms with Crippen molar-refractivity contribution in [1.29, 1.82) is 0 Å². The van der Waals surface area contributed by atoms with E-state index in [-0.39, 0.29) is 0 Å². The quantitative estimate of drug-likeness (QED) is 0.518. The van der Waals surface area contributed by atoms with Crippen molar-refractivity contribution < 1.29 is 9.84 Å². The fourth-order valence-corrected chi connectivity index (χ4v) is 0.694. The Balaban J connectivity index is 4.28. The Morgan fingerprint density at radius 1 is 1.17 bits per heavy atom. The molecule has 1 N–H and O–H groups in total. The lowest BCUT2D eigenvalue weighted by atomic mass is 10.2. The third kappa shape index (κ3) is 5.59. The maximum atomic E-state index is 8.91. The third-order valence-electron chi connectivity index (χ3n) is 1.34. The number of allylic oxidation sites excluding steroid dienone is 6. The van der Waals surface area contributed by atoms with Crippen molar-refractivity contribution in [3.05, 3.63) is 35.3 Å². The van der Waals surface area contributed by atoms with Crippen LogP contribution in [0.25, 0.3) is 0 Å². The molecule has 0 aromatic rings. The second-order valence-corrected chi connectivity index (χ2v) is 2.68. The molecule has 2 heteroatoms. The van der Waals surface area contributed by atoms with Gasteiger partial charge in [0, 0.05) is 0 Å². The molecule has 0 saturated heterocycles. The molecule has 12 heavy (non-hydrogen) atoms. The maximum Gasteiger partial charge on any atom is 0.0924 e. The fraction of sp³-hybridized carbons (Fsp3) is 0.400. The van der Waals surface area contributed by atoms with Gasteiger partial charge in [-0.1, -0.05) is 6.08 Å². The van der Waals surface area contributed by atoms with Crippen molar-refractivity contribution in [3.63, 3.8) is 0 Å². The number of aliphatic hydroxyl groups excluding tert-OH is 1. The zero-order chi connectivity index (χ0) is 9.56. The molecule has 0 aromatic carbocycles. The Labute approximate surface area is 73.9 Å². The predicted molar refractivity (Wildman–Crippen MR) is 50.9 cm³/mol. The molecule has 0 saturated carbocycles. The van der Waals surface area contributed by atoms with Gasteiger partial charge in [-0.05, 0) is 38.5 Å². The van der Waals surface area contributed by atoms with Crippen LogP contribution < -0.4 is 0 Å². The number of hydrogen-bond donors (Lipinski definition) is 1. The summed E-state index contributed by atoms with van der Waals surface area (Å²) in [5.41, 5.74) is 0.992. The van der Waals surface area contributed by atoms with Gasteiger partial charge in [0.05, 0.1) is 18.6 Å². The molecule has 0 amide bonds. The van der Waals surface area contributed by atoms with Crippen molar-refractivity contribution in [1.82, 2.24) is 0 Å². The molecule has 0 rings (SSSR count). The van der Waals surface area contributed by atoms with Gasteiger partial charge >= 0.3 is 0 Å². The monoisotopic (exact) mass is 168 g/mol. The van der Waals surface area contributed by atoms with Crippen LogP contribution in [0.15, 0.2) is 35.3 Å². The first-order chi connectivity index (χ1) is 5.56. The number of ether oxygens (including phenoxy) is 1. The van der Waals surface area contributed by atoms with Gasteiger partial charge in [0.2, 0.25) is 0 Å². The van der Waals surface area contributed by atoms with Crippen LogP contribution in [0.5, 0.6) is 0 Å². The van der Waals surface area contributed by atoms with Crippen molar-refractivity contribution >= 4 is 0 Å². The van der Waals surface area contributed by atoms with E-state index >= 15 is 0 Å². The van der Waals surface area contributed by atoms with Gasteiger partial charge in [-0.2, -0.15) is 0 Å². The average molecular weight is 168 g/mol. The second kappa shape index (κ2) is 5.47. The van der Waals surface area contributed by atoms with E-state index in [0.717, 1.165) is 11.3 Å². The Kier molecular flexibility index (Phi) is 4.93. The summed E-state index contributed by atoms with van der Waals surface area (Å²) in [7, 11) is 1.63. The number of hydrogen-bond acceptors (Lipinski definition) is 2. The van der Waals surface area contributed by atoms with Crippen molar-refractivity contribution in [3.8, 4) is 0 Å². The first-order valence-corrected chi connectivity index (χ1v) is 3.82. The number of methoxy groups -OCH3 is 1. The lowest BCUT2D eigenvalue weighted by molar-refractivity contribution is 0.294. The summed E-state index contributed by atoms with van der Waals surface area (Å²) in [5, 5.41) is 8.91. The lowest BCUT2D eigenvalue weighted by Gasteiger charge is -1.95. The highest BCUT2D eigenvalue weighted by molar-refractivity contribution is 5.23. The maximum absolute atomic E-state index is 8.91. The number of aliphatic hydroxyl groups is 1. The summed E-state index contributed by atoms with van der Waals surface area (Å²) >= 11 is 0. The zero-order valence-corrected chi connectivity index (χ0v) is 8.09. The van der Waals surface area contributed by atoms with Crippen LogP contribution in [-0.4, -0.2) is 12.2 Å². The lowest BCUT2D eigenvalue weighted by Crippen LogP contribution is -1.78. The van der Waals surface area contributed by atoms with Crippen molar-refractivity contribution in [2.75, 3.05) is 7.11 Å². The molecule has 2 nitrogen and oxygen atoms in total. The van der Waals surface area contributed by atoms with Gasteiger partial charge in [-0.15, -0.1) is 0 Å². The molecule has 0 atom stereocenters. The van der Waals surface area contributed by atoms with Gasteiger partial charge < -0.3 is 9.84 Å². The average Bonchev–Trinajstić information content (AvgIpc) is 1.99. The normalized spacial score (nSPS) is 14.8. The summed E-state index contributed by atoms with van der Waals surface area (Å²) in [6, 6.07) is 0. The van der Waals surface area contributed by atoms with Crippen LogP contribution >= 0.6 is 0 Å². The Hall–Kier alpha value is -1.18. The summed E-state index contributed by atoms with van der Waals surface area (Å²) in [4.78, 5) is 0. The number of rotatable bonds is 3.